The lowest BCUT2D eigenvalue weighted by Crippen LogP contribution is -2.68. The Labute approximate surface area is 431 Å². The van der Waals surface area contributed by atoms with Crippen LogP contribution in [0.2, 0.25) is 0 Å². The van der Waals surface area contributed by atoms with Crippen molar-refractivity contribution in [1.82, 2.24) is 45.0 Å². The van der Waals surface area contributed by atoms with Gasteiger partial charge in [-0.3, -0.25) is 29.2 Å². The van der Waals surface area contributed by atoms with E-state index in [1.165, 1.54) is 27.3 Å². The number of thiazole rings is 1. The number of nitrogens with one attached hydrogen (secondary N) is 2. The third-order valence-corrected chi connectivity index (χ3v) is 16.6. The van der Waals surface area contributed by atoms with Crippen molar-refractivity contribution in [1.29, 1.82) is 0 Å². The SMILES string of the molecule is C=CC(=O)N1CCN(C(=O)N(C)[C@H](C(=O)N[C@H]2Cc3nc(cs3)-c3ccc4c(c3)c(c(-c3cccnc3[C@H](C)OC)n4CC)CC(C)(C)COC(=O)[C@@]3([SiH3])CCCN(N3)C2=O)C(C)C)[C@H](CC[C@@H](C)S)C1. The molecular formula is C52H73N9O7S2Si. The van der Waals surface area contributed by atoms with Crippen LogP contribution in [0.1, 0.15) is 96.5 Å². The Bertz CT molecular complexity index is 2640. The van der Waals surface area contributed by atoms with Gasteiger partial charge >= 0.3 is 12.0 Å². The molecule has 4 aromatic rings. The van der Waals surface area contributed by atoms with Crippen LogP contribution in [0.4, 0.5) is 4.79 Å². The van der Waals surface area contributed by atoms with E-state index in [0.717, 1.165) is 51.1 Å². The summed E-state index contributed by atoms with van der Waals surface area (Å²) in [7, 11) is 3.65. The summed E-state index contributed by atoms with van der Waals surface area (Å²) in [6.07, 6.45) is 5.83. The predicted molar refractivity (Wildman–Crippen MR) is 285 cm³/mol. The molecule has 19 heteroatoms. The maximum atomic E-state index is 14.9. The van der Waals surface area contributed by atoms with Gasteiger partial charge in [0.1, 0.15) is 17.2 Å². The molecule has 0 radical (unpaired) electrons. The quantitative estimate of drug-likeness (QED) is 0.0686. The van der Waals surface area contributed by atoms with E-state index in [4.69, 9.17) is 19.4 Å². The summed E-state index contributed by atoms with van der Waals surface area (Å²) < 4.78 is 14.4. The van der Waals surface area contributed by atoms with Gasteiger partial charge in [-0.2, -0.15) is 12.6 Å². The highest BCUT2D eigenvalue weighted by molar-refractivity contribution is 7.80. The number of esters is 1. The maximum Gasteiger partial charge on any atom is 0.323 e. The molecule has 0 saturated carbocycles. The number of carbonyl (C=O) groups excluding carboxylic acids is 5. The van der Waals surface area contributed by atoms with E-state index in [-0.39, 0.29) is 54.8 Å². The van der Waals surface area contributed by atoms with Crippen LogP contribution < -0.4 is 10.7 Å². The van der Waals surface area contributed by atoms with Gasteiger partial charge < -0.3 is 34.1 Å². The molecule has 5 amide bonds. The molecular weight excluding hydrogens is 955 g/mol. The van der Waals surface area contributed by atoms with Crippen molar-refractivity contribution in [3.63, 3.8) is 0 Å². The number of rotatable bonds is 12. The molecule has 0 aliphatic carbocycles. The topological polar surface area (TPSA) is 172 Å². The highest BCUT2D eigenvalue weighted by Crippen LogP contribution is 2.42. The fourth-order valence-electron chi connectivity index (χ4n) is 10.4. The zero-order valence-corrected chi connectivity index (χ0v) is 46.8. The van der Waals surface area contributed by atoms with Crippen LogP contribution in [0.15, 0.2) is 54.6 Å². The summed E-state index contributed by atoms with van der Waals surface area (Å²) in [6, 6.07) is 7.74. The molecule has 0 unspecified atom stereocenters. The van der Waals surface area contributed by atoms with Gasteiger partial charge in [0.15, 0.2) is 0 Å². The summed E-state index contributed by atoms with van der Waals surface area (Å²) >= 11 is 5.99. The van der Waals surface area contributed by atoms with Crippen LogP contribution in [-0.2, 0) is 48.0 Å². The number of thiol groups is 1. The fraction of sp³-hybridized carbons (Fsp3) is 0.558. The van der Waals surface area contributed by atoms with Crippen LogP contribution in [-0.4, -0.2) is 150 Å². The average molecular weight is 1030 g/mol. The number of hydrogen-bond acceptors (Lipinski definition) is 12. The number of cyclic esters (lactones) is 1. The van der Waals surface area contributed by atoms with Crippen LogP contribution in [0.25, 0.3) is 33.4 Å². The molecule has 6 bridgehead atoms. The lowest BCUT2D eigenvalue weighted by Gasteiger charge is -2.44. The molecule has 2 N–H and O–H groups in total. The van der Waals surface area contributed by atoms with E-state index in [1.54, 1.807) is 30.2 Å². The van der Waals surface area contributed by atoms with Crippen molar-refractivity contribution in [3.05, 3.63) is 70.8 Å². The van der Waals surface area contributed by atoms with Gasteiger partial charge in [0.25, 0.3) is 5.91 Å². The molecule has 71 heavy (non-hydrogen) atoms. The number of hydrogen-bond donors (Lipinski definition) is 3. The van der Waals surface area contributed by atoms with Gasteiger partial charge in [0.05, 0.1) is 40.8 Å². The van der Waals surface area contributed by atoms with Gasteiger partial charge in [-0.05, 0) is 93.0 Å². The first-order valence-electron chi connectivity index (χ1n) is 25.0. The Hall–Kier alpha value is -5.08. The van der Waals surface area contributed by atoms with Gasteiger partial charge in [0, 0.05) is 103 Å². The number of nitrogens with zero attached hydrogens (tertiary/aromatic N) is 7. The number of pyridine rings is 1. The second kappa shape index (κ2) is 22.4. The van der Waals surface area contributed by atoms with Crippen LogP contribution in [0.5, 0.6) is 0 Å². The van der Waals surface area contributed by atoms with E-state index < -0.39 is 40.4 Å². The van der Waals surface area contributed by atoms with E-state index in [2.05, 4.69) is 79.6 Å². The number of piperazine rings is 1. The molecule has 16 nitrogen and oxygen atoms in total. The minimum absolute atomic E-state index is 0.0667. The van der Waals surface area contributed by atoms with Gasteiger partial charge in [-0.25, -0.2) is 15.2 Å². The Morgan fingerprint density at radius 2 is 1.92 bits per heavy atom. The predicted octanol–water partition coefficient (Wildman–Crippen LogP) is 5.77. The molecule has 3 aliphatic heterocycles. The standard InChI is InChI=1S/C52H73N9O7S2Si/c1-11-43(62)58-23-24-60(35(28-58)18-16-32(5)69)50(66)57(9)45(31(3)4)47(63)55-39-26-42-54-40(29-70-42)34-17-19-41-37(25-34)38(46(59(41)12-2)36-15-13-21-53-44(36)33(6)67-10)27-51(7,8)30-68-49(65)52(71)20-14-22-61(56-52)48(39)64/h11,13,15,17,19,21,25,29,31-33,35,39,45,56,69H,1,12,14,16,18,20,22-24,26-28,30H2,2-10,71H3,(H,55,63)/t32-,33+,35-,39+,45+,52+/m1/s1. The average Bonchev–Trinajstić information content (AvgIpc) is 3.94. The van der Waals surface area contributed by atoms with Crippen molar-refractivity contribution < 1.29 is 33.4 Å². The van der Waals surface area contributed by atoms with Crippen LogP contribution >= 0.6 is 24.0 Å². The third-order valence-electron chi connectivity index (χ3n) is 14.3. The number of likely N-dealkylation sites (N-methyl/N-ethyl adjacent to an activating group) is 1. The zero-order valence-electron chi connectivity index (χ0n) is 43.1. The van der Waals surface area contributed by atoms with E-state index in [1.807, 2.05) is 39.1 Å². The second-order valence-electron chi connectivity index (χ2n) is 20.8. The van der Waals surface area contributed by atoms with Crippen molar-refractivity contribution >= 4 is 74.8 Å². The number of hydrazine groups is 1. The van der Waals surface area contributed by atoms with Crippen molar-refractivity contribution in [2.45, 2.75) is 128 Å². The number of fused-ring (bicyclic) bond motifs is 6. The molecule has 2 saturated heterocycles. The third kappa shape index (κ3) is 11.6. The number of benzene rings is 1. The highest BCUT2D eigenvalue weighted by atomic mass is 32.1. The Balaban J connectivity index is 1.26. The molecule has 1 aromatic carbocycles. The Morgan fingerprint density at radius 3 is 2.61 bits per heavy atom. The largest absolute Gasteiger partial charge is 0.464 e. The van der Waals surface area contributed by atoms with Crippen LogP contribution in [0, 0.1) is 11.3 Å². The first kappa shape index (κ1) is 53.7. The first-order chi connectivity index (χ1) is 33.7. The van der Waals surface area contributed by atoms with E-state index >= 15 is 0 Å². The van der Waals surface area contributed by atoms with Crippen LogP contribution in [0.3, 0.4) is 0 Å². The summed E-state index contributed by atoms with van der Waals surface area (Å²) in [6.45, 7) is 19.8. The van der Waals surface area contributed by atoms with E-state index in [9.17, 15) is 24.0 Å². The smallest absolute Gasteiger partial charge is 0.323 e. The Kier molecular flexibility index (Phi) is 16.9. The van der Waals surface area contributed by atoms with Gasteiger partial charge in [-0.15, -0.1) is 11.3 Å². The summed E-state index contributed by atoms with van der Waals surface area (Å²) in [5.74, 6) is -1.86. The van der Waals surface area contributed by atoms with Gasteiger partial charge in [0.2, 0.25) is 11.8 Å². The van der Waals surface area contributed by atoms with Crippen molar-refractivity contribution in [2.24, 2.45) is 11.3 Å². The summed E-state index contributed by atoms with van der Waals surface area (Å²) in [5, 5.41) is 7.20. The second-order valence-corrected chi connectivity index (χ2v) is 24.3. The lowest BCUT2D eigenvalue weighted by molar-refractivity contribution is -0.158. The molecule has 6 atom stereocenters. The number of aromatic nitrogens is 3. The maximum absolute atomic E-state index is 14.9. The fourth-order valence-corrected chi connectivity index (χ4v) is 12.2. The summed E-state index contributed by atoms with van der Waals surface area (Å²) in [4.78, 5) is 86.1. The lowest BCUT2D eigenvalue weighted by atomic mass is 9.84. The number of aryl methyl sites for hydroxylation is 1. The van der Waals surface area contributed by atoms with Gasteiger partial charge in [-0.1, -0.05) is 47.3 Å². The molecule has 2 fully saturated rings. The number of methoxy groups -OCH3 is 1. The molecule has 384 valence electrons. The molecule has 3 aliphatic rings. The minimum atomic E-state index is -1.10. The van der Waals surface area contributed by atoms with Crippen molar-refractivity contribution in [2.75, 3.05) is 46.9 Å². The number of ether oxygens (including phenoxy) is 2. The monoisotopic (exact) mass is 1030 g/mol. The zero-order chi connectivity index (χ0) is 51.5. The molecule has 0 spiro atoms. The van der Waals surface area contributed by atoms with Crippen molar-refractivity contribution in [3.8, 4) is 22.5 Å². The molecule has 3 aromatic heterocycles. The van der Waals surface area contributed by atoms with E-state index in [0.29, 0.717) is 67.1 Å². The molecule has 6 heterocycles. The summed E-state index contributed by atoms with van der Waals surface area (Å²) in [5.41, 5.74) is 9.40. The Morgan fingerprint density at radius 1 is 1.15 bits per heavy atom. The number of carbonyl (C=O) groups is 5. The first-order valence-corrected chi connectivity index (χ1v) is 27.4. The highest BCUT2D eigenvalue weighted by Gasteiger charge is 2.44. The number of urea groups is 1. The number of amides is 5. The molecule has 7 rings (SSSR count). The minimum Gasteiger partial charge on any atom is -0.464 e. The normalized spacial score (nSPS) is 22.2.